The molecule has 1 aromatic carbocycles. The number of aliphatic imine (C=N–C) groups is 1. The highest BCUT2D eigenvalue weighted by Crippen LogP contribution is 2.16. The minimum absolute atomic E-state index is 0.261. The first-order valence-corrected chi connectivity index (χ1v) is 7.97. The van der Waals surface area contributed by atoms with Gasteiger partial charge < -0.3 is 15.2 Å². The first-order chi connectivity index (χ1) is 9.75. The van der Waals surface area contributed by atoms with E-state index >= 15 is 0 Å². The van der Waals surface area contributed by atoms with Gasteiger partial charge in [0.1, 0.15) is 5.75 Å². The van der Waals surface area contributed by atoms with Crippen molar-refractivity contribution in [2.75, 3.05) is 25.5 Å². The van der Waals surface area contributed by atoms with Crippen LogP contribution in [0.4, 0.5) is 0 Å². The molecular weight excluding hydrogens is 272 g/mol. The van der Waals surface area contributed by atoms with Crippen molar-refractivity contribution in [3.8, 4) is 5.75 Å². The zero-order valence-electron chi connectivity index (χ0n) is 11.9. The van der Waals surface area contributed by atoms with Crippen LogP contribution in [0.25, 0.3) is 0 Å². The number of hydrogen-bond donors (Lipinski definition) is 1. The van der Waals surface area contributed by atoms with Gasteiger partial charge in [-0.1, -0.05) is 30.0 Å². The van der Waals surface area contributed by atoms with E-state index in [1.807, 2.05) is 31.2 Å². The lowest BCUT2D eigenvalue weighted by atomic mass is 10.2. The van der Waals surface area contributed by atoms with Gasteiger partial charge >= 0.3 is 0 Å². The van der Waals surface area contributed by atoms with E-state index in [1.165, 1.54) is 11.8 Å². The first-order valence-electron chi connectivity index (χ1n) is 6.98. The lowest BCUT2D eigenvalue weighted by Gasteiger charge is -2.09. The lowest BCUT2D eigenvalue weighted by molar-refractivity contribution is 0.118. The largest absolute Gasteiger partial charge is 0.492 e. The molecule has 1 saturated heterocycles. The zero-order chi connectivity index (χ0) is 14.2. The average molecular weight is 294 g/mol. The second kappa shape index (κ2) is 8.17. The molecule has 4 nitrogen and oxygen atoms in total. The Balaban J connectivity index is 1.62. The second-order valence-electron chi connectivity index (χ2n) is 4.78. The molecule has 0 saturated carbocycles. The summed E-state index contributed by atoms with van der Waals surface area (Å²) < 4.78 is 11.2. The Bertz CT molecular complexity index is 445. The summed E-state index contributed by atoms with van der Waals surface area (Å²) in [6.07, 6.45) is 2.49. The van der Waals surface area contributed by atoms with Crippen LogP contribution in [0.3, 0.4) is 0 Å². The molecule has 1 aromatic rings. The topological polar surface area (TPSA) is 56.8 Å². The molecule has 0 unspecified atom stereocenters. The summed E-state index contributed by atoms with van der Waals surface area (Å²) in [5, 5.41) is 0.619. The molecule has 1 atom stereocenters. The van der Waals surface area contributed by atoms with Gasteiger partial charge in [0, 0.05) is 12.4 Å². The molecule has 1 fully saturated rings. The monoisotopic (exact) mass is 294 g/mol. The van der Waals surface area contributed by atoms with Crippen LogP contribution in [-0.2, 0) is 4.74 Å². The number of rotatable bonds is 6. The van der Waals surface area contributed by atoms with E-state index in [2.05, 4.69) is 4.99 Å². The predicted molar refractivity (Wildman–Crippen MR) is 84.6 cm³/mol. The third-order valence-corrected chi connectivity index (χ3v) is 3.95. The minimum Gasteiger partial charge on any atom is -0.492 e. The highest BCUT2D eigenvalue weighted by molar-refractivity contribution is 8.13. The van der Waals surface area contributed by atoms with E-state index in [9.17, 15) is 0 Å². The Morgan fingerprint density at radius 2 is 2.35 bits per heavy atom. The van der Waals surface area contributed by atoms with Gasteiger partial charge in [-0.05, 0) is 31.4 Å². The number of ether oxygens (including phenoxy) is 2. The van der Waals surface area contributed by atoms with Crippen molar-refractivity contribution >= 4 is 16.9 Å². The van der Waals surface area contributed by atoms with Crippen LogP contribution in [0.1, 0.15) is 18.4 Å². The Kier molecular flexibility index (Phi) is 6.21. The molecule has 0 aromatic heterocycles. The maximum absolute atomic E-state index is 5.86. The van der Waals surface area contributed by atoms with E-state index in [-0.39, 0.29) is 6.10 Å². The molecule has 0 aliphatic carbocycles. The van der Waals surface area contributed by atoms with Crippen molar-refractivity contribution in [3.05, 3.63) is 29.8 Å². The van der Waals surface area contributed by atoms with Crippen molar-refractivity contribution in [1.82, 2.24) is 0 Å². The van der Waals surface area contributed by atoms with Crippen molar-refractivity contribution < 1.29 is 9.47 Å². The molecule has 1 aliphatic rings. The lowest BCUT2D eigenvalue weighted by Crippen LogP contribution is -2.15. The van der Waals surface area contributed by atoms with Crippen LogP contribution in [0.5, 0.6) is 5.75 Å². The maximum atomic E-state index is 5.86. The molecule has 0 bridgehead atoms. The SMILES string of the molecule is Cc1ccccc1OCCSC(N)=NC[C@H]1CCCO1. The standard InChI is InChI=1S/C15H22N2O2S/c1-12-5-2-3-7-14(12)19-9-10-20-15(16)17-11-13-6-4-8-18-13/h2-3,5,7,13H,4,6,8-11H2,1H3,(H2,16,17)/t13-/m1/s1. The van der Waals surface area contributed by atoms with Crippen LogP contribution >= 0.6 is 11.8 Å². The van der Waals surface area contributed by atoms with Gasteiger partial charge in [-0.2, -0.15) is 0 Å². The summed E-state index contributed by atoms with van der Waals surface area (Å²) in [7, 11) is 0. The molecule has 110 valence electrons. The Morgan fingerprint density at radius 1 is 1.50 bits per heavy atom. The number of nitrogens with two attached hydrogens (primary N) is 1. The van der Waals surface area contributed by atoms with Gasteiger partial charge in [0.25, 0.3) is 0 Å². The van der Waals surface area contributed by atoms with Crippen molar-refractivity contribution in [1.29, 1.82) is 0 Å². The average Bonchev–Trinajstić information content (AvgIpc) is 2.96. The highest BCUT2D eigenvalue weighted by Gasteiger charge is 2.14. The fourth-order valence-corrected chi connectivity index (χ4v) is 2.58. The van der Waals surface area contributed by atoms with E-state index in [1.54, 1.807) is 0 Å². The van der Waals surface area contributed by atoms with Crippen LogP contribution in [0.15, 0.2) is 29.3 Å². The normalized spacial score (nSPS) is 19.2. The molecule has 0 spiro atoms. The number of hydrogen-bond acceptors (Lipinski definition) is 4. The first kappa shape index (κ1) is 15.2. The number of para-hydroxylation sites is 1. The third-order valence-electron chi connectivity index (χ3n) is 3.16. The van der Waals surface area contributed by atoms with Gasteiger partial charge in [-0.3, -0.25) is 4.99 Å². The Labute approximate surface area is 124 Å². The third kappa shape index (κ3) is 5.06. The smallest absolute Gasteiger partial charge is 0.154 e. The van der Waals surface area contributed by atoms with Gasteiger partial charge in [-0.25, -0.2) is 0 Å². The summed E-state index contributed by atoms with van der Waals surface area (Å²) in [5.41, 5.74) is 7.01. The number of aryl methyl sites for hydroxylation is 1. The minimum atomic E-state index is 0.261. The molecule has 0 amide bonds. The van der Waals surface area contributed by atoms with Crippen molar-refractivity contribution in [2.24, 2.45) is 10.7 Å². The van der Waals surface area contributed by atoms with Gasteiger partial charge in [0.15, 0.2) is 5.17 Å². The summed E-state index contributed by atoms with van der Waals surface area (Å²) >= 11 is 1.53. The summed E-state index contributed by atoms with van der Waals surface area (Å²) in [6.45, 7) is 4.21. The van der Waals surface area contributed by atoms with Gasteiger partial charge in [0.2, 0.25) is 0 Å². The fourth-order valence-electron chi connectivity index (χ4n) is 2.04. The summed E-state index contributed by atoms with van der Waals surface area (Å²) in [6, 6.07) is 8.01. The van der Waals surface area contributed by atoms with E-state index in [0.29, 0.717) is 18.3 Å². The second-order valence-corrected chi connectivity index (χ2v) is 5.89. The van der Waals surface area contributed by atoms with Crippen LogP contribution in [0.2, 0.25) is 0 Å². The molecule has 2 rings (SSSR count). The molecule has 1 aliphatic heterocycles. The fraction of sp³-hybridized carbons (Fsp3) is 0.533. The summed E-state index contributed by atoms with van der Waals surface area (Å²) in [5.74, 6) is 1.73. The molecule has 2 N–H and O–H groups in total. The quantitative estimate of drug-likeness (QED) is 0.498. The van der Waals surface area contributed by atoms with Crippen LogP contribution < -0.4 is 10.5 Å². The molecule has 1 heterocycles. The molecule has 5 heteroatoms. The van der Waals surface area contributed by atoms with Crippen LogP contribution in [-0.4, -0.2) is 36.8 Å². The zero-order valence-corrected chi connectivity index (χ0v) is 12.7. The van der Waals surface area contributed by atoms with Crippen LogP contribution in [0, 0.1) is 6.92 Å². The molecular formula is C15H22N2O2S. The van der Waals surface area contributed by atoms with E-state index in [4.69, 9.17) is 15.2 Å². The molecule has 0 radical (unpaired) electrons. The van der Waals surface area contributed by atoms with E-state index in [0.717, 1.165) is 36.5 Å². The van der Waals surface area contributed by atoms with Crippen molar-refractivity contribution in [2.45, 2.75) is 25.9 Å². The summed E-state index contributed by atoms with van der Waals surface area (Å²) in [4.78, 5) is 4.35. The van der Waals surface area contributed by atoms with E-state index < -0.39 is 0 Å². The number of benzene rings is 1. The highest BCUT2D eigenvalue weighted by atomic mass is 32.2. The maximum Gasteiger partial charge on any atom is 0.154 e. The van der Waals surface area contributed by atoms with Crippen molar-refractivity contribution in [3.63, 3.8) is 0 Å². The number of amidine groups is 1. The Morgan fingerprint density at radius 3 is 3.10 bits per heavy atom. The predicted octanol–water partition coefficient (Wildman–Crippen LogP) is 2.60. The van der Waals surface area contributed by atoms with Gasteiger partial charge in [0.05, 0.1) is 19.3 Å². The molecule has 20 heavy (non-hydrogen) atoms. The Hall–Kier alpha value is -1.20. The van der Waals surface area contributed by atoms with Gasteiger partial charge in [-0.15, -0.1) is 0 Å². The number of nitrogens with zero attached hydrogens (tertiary/aromatic N) is 1. The number of thioether (sulfide) groups is 1.